The van der Waals surface area contributed by atoms with Gasteiger partial charge in [0.2, 0.25) is 5.95 Å². The van der Waals surface area contributed by atoms with Crippen LogP contribution in [0.3, 0.4) is 0 Å². The number of aromatic nitrogens is 4. The summed E-state index contributed by atoms with van der Waals surface area (Å²) in [7, 11) is 0. The van der Waals surface area contributed by atoms with Gasteiger partial charge in [-0.05, 0) is 18.2 Å². The molecule has 5 N–H and O–H groups in total. The molecule has 29 heavy (non-hydrogen) atoms. The second-order valence-corrected chi connectivity index (χ2v) is 5.73. The maximum atomic E-state index is 12.7. The van der Waals surface area contributed by atoms with E-state index in [0.29, 0.717) is 0 Å². The molecule has 3 aromatic rings. The highest BCUT2D eigenvalue weighted by Crippen LogP contribution is 2.26. The summed E-state index contributed by atoms with van der Waals surface area (Å²) in [5.41, 5.74) is 3.20. The third kappa shape index (κ3) is 4.12. The van der Waals surface area contributed by atoms with Crippen molar-refractivity contribution < 1.29 is 27.9 Å². The van der Waals surface area contributed by atoms with Gasteiger partial charge in [0.25, 0.3) is 11.3 Å². The number of rotatable bonds is 5. The fourth-order valence-electron chi connectivity index (χ4n) is 2.43. The minimum atomic E-state index is -5.23. The molecule has 0 aliphatic carbocycles. The normalized spacial score (nSPS) is 11.4. The van der Waals surface area contributed by atoms with Gasteiger partial charge in [-0.15, -0.1) is 0 Å². The zero-order chi connectivity index (χ0) is 21.3. The number of hydrogen-bond donors (Lipinski definition) is 4. The van der Waals surface area contributed by atoms with Crippen molar-refractivity contribution in [2.75, 3.05) is 11.1 Å². The fourth-order valence-corrected chi connectivity index (χ4v) is 2.43. The van der Waals surface area contributed by atoms with E-state index in [1.807, 2.05) is 0 Å². The standard InChI is InChI=1S/C16H11F3N6O4/c17-16(18,19)11(26)9-3-6(1-2-8(9)14(28)29)21-4-7-5-22-12-10(23-7)13(27)25-15(20)24-12/h1-3,5,21H,4H2,(H,28,29)(H3,20,22,24,25,27). The molecule has 0 atom stereocenters. The van der Waals surface area contributed by atoms with Gasteiger partial charge in [0.1, 0.15) is 0 Å². The molecule has 13 heteroatoms. The molecule has 2 heterocycles. The van der Waals surface area contributed by atoms with Gasteiger partial charge in [-0.3, -0.25) is 14.6 Å². The number of halogens is 3. The van der Waals surface area contributed by atoms with Crippen molar-refractivity contribution >= 4 is 34.6 Å². The number of nitrogens with two attached hydrogens (primary N) is 1. The Kier molecular flexibility index (Phi) is 4.88. The largest absolute Gasteiger partial charge is 0.478 e. The average Bonchev–Trinajstić information content (AvgIpc) is 2.64. The van der Waals surface area contributed by atoms with Gasteiger partial charge < -0.3 is 16.2 Å². The van der Waals surface area contributed by atoms with E-state index in [0.717, 1.165) is 12.1 Å². The van der Waals surface area contributed by atoms with E-state index in [1.54, 1.807) is 0 Å². The highest BCUT2D eigenvalue weighted by Gasteiger charge is 2.41. The van der Waals surface area contributed by atoms with E-state index >= 15 is 0 Å². The van der Waals surface area contributed by atoms with E-state index in [2.05, 4.69) is 25.3 Å². The van der Waals surface area contributed by atoms with Gasteiger partial charge in [0, 0.05) is 11.3 Å². The topological polar surface area (TPSA) is 164 Å². The minimum absolute atomic E-state index is 0.0128. The highest BCUT2D eigenvalue weighted by molar-refractivity contribution is 6.09. The molecule has 0 unspecified atom stereocenters. The van der Waals surface area contributed by atoms with Gasteiger partial charge in [-0.1, -0.05) is 0 Å². The summed E-state index contributed by atoms with van der Waals surface area (Å²) in [4.78, 5) is 48.5. The number of carbonyl (C=O) groups excluding carboxylic acids is 1. The van der Waals surface area contributed by atoms with Gasteiger partial charge >= 0.3 is 12.1 Å². The number of fused-ring (bicyclic) bond motifs is 1. The van der Waals surface area contributed by atoms with E-state index in [1.165, 1.54) is 12.3 Å². The molecule has 1 aromatic carbocycles. The lowest BCUT2D eigenvalue weighted by Crippen LogP contribution is -2.25. The first-order chi connectivity index (χ1) is 13.6. The van der Waals surface area contributed by atoms with Crippen molar-refractivity contribution in [3.8, 4) is 0 Å². The maximum Gasteiger partial charge on any atom is 0.454 e. The number of anilines is 2. The number of H-pyrrole nitrogens is 1. The Morgan fingerprint density at radius 1 is 1.21 bits per heavy atom. The van der Waals surface area contributed by atoms with Crippen LogP contribution in [0.5, 0.6) is 0 Å². The monoisotopic (exact) mass is 408 g/mol. The highest BCUT2D eigenvalue weighted by atomic mass is 19.4. The molecule has 0 saturated heterocycles. The van der Waals surface area contributed by atoms with Crippen LogP contribution >= 0.6 is 0 Å². The van der Waals surface area contributed by atoms with Crippen LogP contribution in [0.2, 0.25) is 0 Å². The molecule has 3 rings (SSSR count). The lowest BCUT2D eigenvalue weighted by molar-refractivity contribution is -0.0885. The molecule has 0 fully saturated rings. The number of benzene rings is 1. The Morgan fingerprint density at radius 3 is 2.59 bits per heavy atom. The number of carboxylic acid groups (broad SMARTS) is 1. The van der Waals surface area contributed by atoms with Gasteiger partial charge in [-0.25, -0.2) is 14.8 Å². The van der Waals surface area contributed by atoms with E-state index in [4.69, 9.17) is 10.8 Å². The number of carbonyl (C=O) groups is 2. The summed E-state index contributed by atoms with van der Waals surface area (Å²) in [5.74, 6) is -4.09. The number of nitrogens with one attached hydrogen (secondary N) is 2. The molecule has 0 radical (unpaired) electrons. The maximum absolute atomic E-state index is 12.7. The number of carboxylic acids is 1. The van der Waals surface area contributed by atoms with Crippen LogP contribution in [0, 0.1) is 0 Å². The predicted octanol–water partition coefficient (Wildman–Crippen LogP) is 1.35. The minimum Gasteiger partial charge on any atom is -0.478 e. The summed E-state index contributed by atoms with van der Waals surface area (Å²) in [6.45, 7) is -0.0845. The molecular weight excluding hydrogens is 397 g/mol. The Morgan fingerprint density at radius 2 is 1.93 bits per heavy atom. The number of nitrogens with zero attached hydrogens (tertiary/aromatic N) is 3. The predicted molar refractivity (Wildman–Crippen MR) is 93.5 cm³/mol. The smallest absolute Gasteiger partial charge is 0.454 e. The lowest BCUT2D eigenvalue weighted by Gasteiger charge is -2.12. The first kappa shape index (κ1) is 19.7. The SMILES string of the molecule is Nc1nc2ncc(CNc3ccc(C(=O)O)c(C(=O)C(F)(F)F)c3)nc2c(=O)[nH]1. The van der Waals surface area contributed by atoms with Gasteiger partial charge in [-0.2, -0.15) is 18.2 Å². The second-order valence-electron chi connectivity index (χ2n) is 5.73. The van der Waals surface area contributed by atoms with Crippen LogP contribution in [-0.4, -0.2) is 43.0 Å². The van der Waals surface area contributed by atoms with Crippen molar-refractivity contribution in [1.29, 1.82) is 0 Å². The summed E-state index contributed by atoms with van der Waals surface area (Å²) in [6, 6.07) is 2.86. The first-order valence-electron chi connectivity index (χ1n) is 7.80. The number of aromatic carboxylic acids is 1. The molecule has 10 nitrogen and oxygen atoms in total. The number of hydrogen-bond acceptors (Lipinski definition) is 8. The molecule has 0 aliphatic heterocycles. The zero-order valence-electron chi connectivity index (χ0n) is 14.2. The van der Waals surface area contributed by atoms with Crippen LogP contribution in [0.15, 0.2) is 29.2 Å². The molecule has 0 aliphatic rings. The number of aromatic amines is 1. The Hall–Kier alpha value is -4.03. The van der Waals surface area contributed by atoms with Gasteiger partial charge in [0.05, 0.1) is 24.0 Å². The van der Waals surface area contributed by atoms with Crippen LogP contribution in [0.4, 0.5) is 24.8 Å². The van der Waals surface area contributed by atoms with Crippen LogP contribution in [-0.2, 0) is 6.54 Å². The number of nitrogen functional groups attached to an aromatic ring is 1. The third-order valence-electron chi connectivity index (χ3n) is 3.71. The van der Waals surface area contributed by atoms with E-state index < -0.39 is 34.6 Å². The molecule has 150 valence electrons. The summed E-state index contributed by atoms with van der Waals surface area (Å²) >= 11 is 0. The van der Waals surface area contributed by atoms with Crippen molar-refractivity contribution in [2.24, 2.45) is 0 Å². The summed E-state index contributed by atoms with van der Waals surface area (Å²) in [5, 5.41) is 11.7. The molecule has 0 amide bonds. The molecule has 0 saturated carbocycles. The van der Waals surface area contributed by atoms with E-state index in [-0.39, 0.29) is 35.0 Å². The van der Waals surface area contributed by atoms with E-state index in [9.17, 15) is 27.6 Å². The summed E-state index contributed by atoms with van der Waals surface area (Å²) in [6.07, 6.45) is -3.96. The summed E-state index contributed by atoms with van der Waals surface area (Å²) < 4.78 is 38.2. The second kappa shape index (κ2) is 7.18. The molecule has 2 aromatic heterocycles. The first-order valence-corrected chi connectivity index (χ1v) is 7.80. The fraction of sp³-hybridized carbons (Fsp3) is 0.125. The molecule has 0 spiro atoms. The van der Waals surface area contributed by atoms with Crippen molar-refractivity contribution in [3.05, 3.63) is 51.6 Å². The van der Waals surface area contributed by atoms with Crippen molar-refractivity contribution in [3.63, 3.8) is 0 Å². The average molecular weight is 408 g/mol. The molecule has 0 bridgehead atoms. The lowest BCUT2D eigenvalue weighted by atomic mass is 10.0. The Bertz CT molecular complexity index is 1190. The number of Topliss-reactive ketones (excluding diaryl/α,β-unsaturated/α-hetero) is 1. The third-order valence-corrected chi connectivity index (χ3v) is 3.71. The number of ketones is 1. The van der Waals surface area contributed by atoms with Gasteiger partial charge in [0.15, 0.2) is 11.2 Å². The van der Waals surface area contributed by atoms with Crippen molar-refractivity contribution in [2.45, 2.75) is 12.7 Å². The Balaban J connectivity index is 1.89. The molecular formula is C16H11F3N6O4. The number of alkyl halides is 3. The zero-order valence-corrected chi connectivity index (χ0v) is 14.2. The van der Waals surface area contributed by atoms with Crippen LogP contribution < -0.4 is 16.6 Å². The quantitative estimate of drug-likeness (QED) is 0.456. The van der Waals surface area contributed by atoms with Crippen molar-refractivity contribution in [1.82, 2.24) is 19.9 Å². The van der Waals surface area contributed by atoms with Crippen LogP contribution in [0.25, 0.3) is 11.2 Å². The Labute approximate surface area is 158 Å². The van der Waals surface area contributed by atoms with Crippen LogP contribution in [0.1, 0.15) is 26.4 Å².